The molecule has 3 aromatic rings. The summed E-state index contributed by atoms with van der Waals surface area (Å²) in [7, 11) is -3.27. The van der Waals surface area contributed by atoms with Crippen LogP contribution in [0.25, 0.3) is 0 Å². The van der Waals surface area contributed by atoms with E-state index in [9.17, 15) is 18.0 Å². The Morgan fingerprint density at radius 3 is 2.33 bits per heavy atom. The van der Waals surface area contributed by atoms with Crippen LogP contribution in [0.5, 0.6) is 0 Å². The van der Waals surface area contributed by atoms with Crippen molar-refractivity contribution in [2.75, 3.05) is 22.5 Å². The maximum atomic E-state index is 12.7. The van der Waals surface area contributed by atoms with Crippen LogP contribution in [-0.4, -0.2) is 37.7 Å². The Balaban J connectivity index is 1.34. The van der Waals surface area contributed by atoms with E-state index in [1.807, 2.05) is 6.92 Å². The Bertz CT molecular complexity index is 1220. The molecule has 0 unspecified atom stereocenters. The molecule has 1 aliphatic carbocycles. The monoisotopic (exact) mass is 467 g/mol. The maximum absolute atomic E-state index is 12.7. The summed E-state index contributed by atoms with van der Waals surface area (Å²) in [5.74, 6) is 0.460. The van der Waals surface area contributed by atoms with E-state index in [0.29, 0.717) is 28.5 Å². The number of benzene rings is 2. The highest BCUT2D eigenvalue weighted by Crippen LogP contribution is 2.32. The first-order valence-corrected chi connectivity index (χ1v) is 12.4. The number of carbonyl (C=O) groups is 2. The Morgan fingerprint density at radius 1 is 1.06 bits per heavy atom. The molecule has 172 valence electrons. The lowest BCUT2D eigenvalue weighted by Crippen LogP contribution is -2.30. The van der Waals surface area contributed by atoms with E-state index in [0.717, 1.165) is 18.4 Å². The Kier molecular flexibility index (Phi) is 6.60. The van der Waals surface area contributed by atoms with Crippen molar-refractivity contribution >= 4 is 33.2 Å². The van der Waals surface area contributed by atoms with Crippen LogP contribution in [0, 0.1) is 5.92 Å². The fourth-order valence-electron chi connectivity index (χ4n) is 3.50. The van der Waals surface area contributed by atoms with Crippen molar-refractivity contribution in [1.29, 1.82) is 0 Å². The minimum Gasteiger partial charge on any atom is -0.363 e. The molecule has 0 saturated heterocycles. The molecular weight excluding hydrogens is 442 g/mol. The molecule has 0 radical (unpaired) electrons. The molecule has 2 aromatic carbocycles. The van der Waals surface area contributed by atoms with Crippen LogP contribution in [0.1, 0.15) is 35.7 Å². The molecule has 0 aliphatic heterocycles. The van der Waals surface area contributed by atoms with Crippen molar-refractivity contribution in [3.63, 3.8) is 0 Å². The van der Waals surface area contributed by atoms with Crippen molar-refractivity contribution in [3.8, 4) is 0 Å². The van der Waals surface area contributed by atoms with Gasteiger partial charge in [-0.1, -0.05) is 17.3 Å². The van der Waals surface area contributed by atoms with Crippen LogP contribution in [0.3, 0.4) is 0 Å². The predicted molar refractivity (Wildman–Crippen MR) is 124 cm³/mol. The number of anilines is 2. The van der Waals surface area contributed by atoms with Crippen LogP contribution < -0.4 is 10.2 Å². The lowest BCUT2D eigenvalue weighted by Gasteiger charge is -2.17. The van der Waals surface area contributed by atoms with E-state index in [2.05, 4.69) is 10.5 Å². The van der Waals surface area contributed by atoms with Crippen LogP contribution in [0.4, 0.5) is 11.5 Å². The zero-order valence-corrected chi connectivity index (χ0v) is 19.0. The fraction of sp³-hybridized carbons (Fsp3) is 0.292. The molecule has 4 rings (SSSR count). The number of aromatic nitrogens is 1. The van der Waals surface area contributed by atoms with Crippen LogP contribution in [0.15, 0.2) is 70.3 Å². The smallest absolute Gasteiger partial charge is 0.259 e. The summed E-state index contributed by atoms with van der Waals surface area (Å²) >= 11 is 0. The minimum absolute atomic E-state index is 0.111. The van der Waals surface area contributed by atoms with E-state index in [-0.39, 0.29) is 29.9 Å². The summed E-state index contributed by atoms with van der Waals surface area (Å²) in [4.78, 5) is 26.9. The summed E-state index contributed by atoms with van der Waals surface area (Å²) in [5.41, 5.74) is 1.74. The molecule has 1 aromatic heterocycles. The van der Waals surface area contributed by atoms with Crippen molar-refractivity contribution in [3.05, 3.63) is 72.0 Å². The first-order chi connectivity index (χ1) is 15.9. The lowest BCUT2D eigenvalue weighted by molar-refractivity contribution is -0.115. The highest BCUT2D eigenvalue weighted by atomic mass is 32.2. The van der Waals surface area contributed by atoms with Gasteiger partial charge in [0.25, 0.3) is 5.91 Å². The standard InChI is InChI=1S/C24H25N3O5S/c1-2-27(22-13-14-32-26-22)24(29)19-7-9-20(10-8-19)25-23(28)15-17-5-11-21(12-6-17)33(30,31)16-18-3-4-18/h5-14,18H,2-4,15-16H2,1H3,(H,25,28). The highest BCUT2D eigenvalue weighted by molar-refractivity contribution is 7.91. The van der Waals surface area contributed by atoms with Gasteiger partial charge in [0, 0.05) is 23.9 Å². The second-order valence-electron chi connectivity index (χ2n) is 8.08. The van der Waals surface area contributed by atoms with E-state index < -0.39 is 9.84 Å². The number of amides is 2. The van der Waals surface area contributed by atoms with E-state index in [4.69, 9.17) is 4.52 Å². The molecule has 33 heavy (non-hydrogen) atoms. The molecule has 8 nitrogen and oxygen atoms in total. The molecular formula is C24H25N3O5S. The molecule has 1 heterocycles. The first-order valence-electron chi connectivity index (χ1n) is 10.8. The van der Waals surface area contributed by atoms with Crippen molar-refractivity contribution in [1.82, 2.24) is 5.16 Å². The molecule has 2 amide bonds. The van der Waals surface area contributed by atoms with Crippen LogP contribution in [0.2, 0.25) is 0 Å². The van der Waals surface area contributed by atoms with Crippen molar-refractivity contribution in [2.24, 2.45) is 5.92 Å². The largest absolute Gasteiger partial charge is 0.363 e. The first kappa shape index (κ1) is 22.7. The Morgan fingerprint density at radius 2 is 1.76 bits per heavy atom. The SMILES string of the molecule is CCN(C(=O)c1ccc(NC(=O)Cc2ccc(S(=O)(=O)CC3CC3)cc2)cc1)c1ccon1. The number of rotatable bonds is 9. The van der Waals surface area contributed by atoms with Gasteiger partial charge in [0.2, 0.25) is 5.91 Å². The number of nitrogens with zero attached hydrogens (tertiary/aromatic N) is 2. The second-order valence-corrected chi connectivity index (χ2v) is 10.1. The number of hydrogen-bond acceptors (Lipinski definition) is 6. The zero-order chi connectivity index (χ0) is 23.4. The summed E-state index contributed by atoms with van der Waals surface area (Å²) in [6.45, 7) is 2.28. The Labute approximate surface area is 192 Å². The van der Waals surface area contributed by atoms with E-state index in [1.54, 1.807) is 54.6 Å². The third-order valence-corrected chi connectivity index (χ3v) is 7.38. The van der Waals surface area contributed by atoms with Gasteiger partial charge < -0.3 is 9.84 Å². The van der Waals surface area contributed by atoms with Gasteiger partial charge in [-0.25, -0.2) is 8.42 Å². The molecule has 1 N–H and O–H groups in total. The molecule has 0 spiro atoms. The Hall–Kier alpha value is -3.46. The third kappa shape index (κ3) is 5.67. The van der Waals surface area contributed by atoms with Crippen molar-refractivity contribution < 1.29 is 22.5 Å². The number of hydrogen-bond donors (Lipinski definition) is 1. The lowest BCUT2D eigenvalue weighted by atomic mass is 10.1. The summed E-state index contributed by atoms with van der Waals surface area (Å²) < 4.78 is 29.5. The van der Waals surface area contributed by atoms with Crippen LogP contribution in [-0.2, 0) is 21.1 Å². The van der Waals surface area contributed by atoms with Crippen LogP contribution >= 0.6 is 0 Å². The number of nitrogens with one attached hydrogen (secondary N) is 1. The predicted octanol–water partition coefficient (Wildman–Crippen LogP) is 3.71. The van der Waals surface area contributed by atoms with Gasteiger partial charge in [0.05, 0.1) is 17.1 Å². The average molecular weight is 468 g/mol. The van der Waals surface area contributed by atoms with Crippen molar-refractivity contribution in [2.45, 2.75) is 31.1 Å². The van der Waals surface area contributed by atoms with Gasteiger partial charge in [-0.2, -0.15) is 0 Å². The van der Waals surface area contributed by atoms with Gasteiger partial charge in [0.15, 0.2) is 15.7 Å². The minimum atomic E-state index is -3.27. The summed E-state index contributed by atoms with van der Waals surface area (Å²) in [5, 5.41) is 6.60. The zero-order valence-electron chi connectivity index (χ0n) is 18.2. The summed E-state index contributed by atoms with van der Waals surface area (Å²) in [6.07, 6.45) is 3.47. The molecule has 0 atom stereocenters. The van der Waals surface area contributed by atoms with E-state index >= 15 is 0 Å². The normalized spacial score (nSPS) is 13.5. The summed E-state index contributed by atoms with van der Waals surface area (Å²) in [6, 6.07) is 14.7. The maximum Gasteiger partial charge on any atom is 0.259 e. The second kappa shape index (κ2) is 9.58. The fourth-order valence-corrected chi connectivity index (χ4v) is 5.20. The quantitative estimate of drug-likeness (QED) is 0.514. The van der Waals surface area contributed by atoms with Gasteiger partial charge in [0.1, 0.15) is 6.26 Å². The number of sulfone groups is 1. The molecule has 0 bridgehead atoms. The highest BCUT2D eigenvalue weighted by Gasteiger charge is 2.29. The molecule has 1 saturated carbocycles. The molecule has 9 heteroatoms. The van der Waals surface area contributed by atoms with Gasteiger partial charge >= 0.3 is 0 Å². The molecule has 1 fully saturated rings. The van der Waals surface area contributed by atoms with Gasteiger partial charge in [-0.15, -0.1) is 0 Å². The van der Waals surface area contributed by atoms with Gasteiger partial charge in [-0.3, -0.25) is 14.5 Å². The number of carbonyl (C=O) groups excluding carboxylic acids is 2. The third-order valence-electron chi connectivity index (χ3n) is 5.48. The van der Waals surface area contributed by atoms with E-state index in [1.165, 1.54) is 11.2 Å². The molecule has 1 aliphatic rings. The topological polar surface area (TPSA) is 110 Å². The van der Waals surface area contributed by atoms with Gasteiger partial charge in [-0.05, 0) is 67.6 Å². The average Bonchev–Trinajstić information content (AvgIpc) is 3.43.